The van der Waals surface area contributed by atoms with Crippen molar-refractivity contribution in [2.24, 2.45) is 0 Å². The van der Waals surface area contributed by atoms with E-state index in [4.69, 9.17) is 0 Å². The van der Waals surface area contributed by atoms with Gasteiger partial charge in [0, 0.05) is 9.61 Å². The standard InChI is InChI=1S/C16H22IN3O/c17-13-4-1-2-5-14(13)19-16(21)15-6-3-11-20(15)12-7-9-18-10-8-12/h1-2,4-5,12,15,18H,3,6-11H2,(H,19,21). The van der Waals surface area contributed by atoms with E-state index in [9.17, 15) is 4.79 Å². The molecular formula is C16H22IN3O. The topological polar surface area (TPSA) is 44.4 Å². The third kappa shape index (κ3) is 3.57. The maximum Gasteiger partial charge on any atom is 0.241 e. The Morgan fingerprint density at radius 1 is 1.24 bits per heavy atom. The Bertz CT molecular complexity index is 502. The summed E-state index contributed by atoms with van der Waals surface area (Å²) >= 11 is 2.27. The number of amides is 1. The normalized spacial score (nSPS) is 24.1. The lowest BCUT2D eigenvalue weighted by molar-refractivity contribution is -0.121. The second-order valence-corrected chi connectivity index (χ2v) is 7.01. The molecule has 1 aromatic rings. The molecule has 1 aromatic carbocycles. The highest BCUT2D eigenvalue weighted by atomic mass is 127. The fourth-order valence-electron chi connectivity index (χ4n) is 3.42. The van der Waals surface area contributed by atoms with Crippen LogP contribution in [0.5, 0.6) is 0 Å². The minimum absolute atomic E-state index is 0.0455. The van der Waals surface area contributed by atoms with Crippen LogP contribution in [0.2, 0.25) is 0 Å². The SMILES string of the molecule is O=C(Nc1ccccc1I)C1CCCN1C1CCNCC1. The number of para-hydroxylation sites is 1. The molecule has 114 valence electrons. The van der Waals surface area contributed by atoms with E-state index in [-0.39, 0.29) is 11.9 Å². The van der Waals surface area contributed by atoms with E-state index in [1.165, 1.54) is 0 Å². The predicted molar refractivity (Wildman–Crippen MR) is 93.4 cm³/mol. The van der Waals surface area contributed by atoms with Gasteiger partial charge in [-0.05, 0) is 80.0 Å². The monoisotopic (exact) mass is 399 g/mol. The van der Waals surface area contributed by atoms with E-state index in [0.29, 0.717) is 6.04 Å². The fourth-order valence-corrected chi connectivity index (χ4v) is 3.95. The van der Waals surface area contributed by atoms with Gasteiger partial charge >= 0.3 is 0 Å². The number of hydrogen-bond acceptors (Lipinski definition) is 3. The molecule has 2 aliphatic heterocycles. The summed E-state index contributed by atoms with van der Waals surface area (Å²) in [5, 5.41) is 6.52. The average Bonchev–Trinajstić information content (AvgIpc) is 3.00. The molecule has 0 bridgehead atoms. The van der Waals surface area contributed by atoms with Crippen molar-refractivity contribution < 1.29 is 4.79 Å². The van der Waals surface area contributed by atoms with Crippen LogP contribution in [-0.2, 0) is 4.79 Å². The third-order valence-electron chi connectivity index (χ3n) is 4.51. The molecule has 3 rings (SSSR count). The van der Waals surface area contributed by atoms with Gasteiger partial charge in [0.05, 0.1) is 11.7 Å². The summed E-state index contributed by atoms with van der Waals surface area (Å²) in [7, 11) is 0. The molecule has 2 N–H and O–H groups in total. The molecule has 2 saturated heterocycles. The molecule has 0 aliphatic carbocycles. The number of rotatable bonds is 3. The Kier molecular flexibility index (Phi) is 5.13. The Labute approximate surface area is 139 Å². The number of anilines is 1. The van der Waals surface area contributed by atoms with Crippen molar-refractivity contribution in [1.29, 1.82) is 0 Å². The lowest BCUT2D eigenvalue weighted by atomic mass is 10.0. The zero-order valence-corrected chi connectivity index (χ0v) is 14.3. The van der Waals surface area contributed by atoms with Crippen molar-refractivity contribution in [2.45, 2.75) is 37.8 Å². The second kappa shape index (κ2) is 7.07. The van der Waals surface area contributed by atoms with Crippen LogP contribution in [0, 0.1) is 3.57 Å². The zero-order chi connectivity index (χ0) is 14.7. The number of nitrogens with zero attached hydrogens (tertiary/aromatic N) is 1. The van der Waals surface area contributed by atoms with Gasteiger partial charge in [-0.15, -0.1) is 0 Å². The number of likely N-dealkylation sites (tertiary alicyclic amines) is 1. The van der Waals surface area contributed by atoms with Crippen molar-refractivity contribution in [3.05, 3.63) is 27.8 Å². The molecular weight excluding hydrogens is 377 g/mol. The molecule has 4 nitrogen and oxygen atoms in total. The van der Waals surface area contributed by atoms with Gasteiger partial charge in [0.1, 0.15) is 0 Å². The first-order valence-electron chi connectivity index (χ1n) is 7.77. The van der Waals surface area contributed by atoms with Gasteiger partial charge in [0.15, 0.2) is 0 Å². The van der Waals surface area contributed by atoms with Gasteiger partial charge in [-0.1, -0.05) is 12.1 Å². The number of nitrogens with one attached hydrogen (secondary N) is 2. The quantitative estimate of drug-likeness (QED) is 0.768. The number of halogens is 1. The molecule has 5 heteroatoms. The first-order chi connectivity index (χ1) is 10.3. The number of benzene rings is 1. The second-order valence-electron chi connectivity index (χ2n) is 5.85. The van der Waals surface area contributed by atoms with Gasteiger partial charge < -0.3 is 10.6 Å². The Morgan fingerprint density at radius 2 is 2.00 bits per heavy atom. The molecule has 0 aromatic heterocycles. The van der Waals surface area contributed by atoms with E-state index < -0.39 is 0 Å². The van der Waals surface area contributed by atoms with E-state index in [1.807, 2.05) is 24.3 Å². The summed E-state index contributed by atoms with van der Waals surface area (Å²) in [5.41, 5.74) is 0.931. The summed E-state index contributed by atoms with van der Waals surface area (Å²) < 4.78 is 1.09. The largest absolute Gasteiger partial charge is 0.324 e. The Morgan fingerprint density at radius 3 is 2.76 bits per heavy atom. The minimum atomic E-state index is 0.0455. The molecule has 1 amide bonds. The summed E-state index contributed by atoms with van der Waals surface area (Å²) in [4.78, 5) is 15.1. The maximum atomic E-state index is 12.6. The lowest BCUT2D eigenvalue weighted by Gasteiger charge is -2.35. The molecule has 1 atom stereocenters. The zero-order valence-electron chi connectivity index (χ0n) is 12.1. The van der Waals surface area contributed by atoms with Crippen LogP contribution in [0.25, 0.3) is 0 Å². The fraction of sp³-hybridized carbons (Fsp3) is 0.562. The molecule has 0 spiro atoms. The van der Waals surface area contributed by atoms with Crippen LogP contribution in [-0.4, -0.2) is 42.5 Å². The number of carbonyl (C=O) groups is 1. The smallest absolute Gasteiger partial charge is 0.241 e. The highest BCUT2D eigenvalue weighted by Gasteiger charge is 2.35. The van der Waals surface area contributed by atoms with Gasteiger partial charge in [-0.25, -0.2) is 0 Å². The molecule has 1 unspecified atom stereocenters. The van der Waals surface area contributed by atoms with Crippen molar-refractivity contribution >= 4 is 34.2 Å². The average molecular weight is 399 g/mol. The molecule has 2 fully saturated rings. The first-order valence-corrected chi connectivity index (χ1v) is 8.85. The van der Waals surface area contributed by atoms with Gasteiger partial charge in [-0.3, -0.25) is 9.69 Å². The van der Waals surface area contributed by atoms with Crippen LogP contribution in [0.3, 0.4) is 0 Å². The Hall–Kier alpha value is -0.660. The predicted octanol–water partition coefficient (Wildman–Crippen LogP) is 2.45. The molecule has 2 heterocycles. The Balaban J connectivity index is 1.67. The van der Waals surface area contributed by atoms with E-state index in [2.05, 4.69) is 38.1 Å². The van der Waals surface area contributed by atoms with Crippen molar-refractivity contribution in [2.75, 3.05) is 25.0 Å². The first kappa shape index (κ1) is 15.2. The van der Waals surface area contributed by atoms with Crippen molar-refractivity contribution in [3.63, 3.8) is 0 Å². The van der Waals surface area contributed by atoms with Crippen LogP contribution in [0.4, 0.5) is 5.69 Å². The number of carbonyl (C=O) groups excluding carboxylic acids is 1. The van der Waals surface area contributed by atoms with Crippen LogP contribution >= 0.6 is 22.6 Å². The van der Waals surface area contributed by atoms with Crippen molar-refractivity contribution in [3.8, 4) is 0 Å². The highest BCUT2D eigenvalue weighted by Crippen LogP contribution is 2.26. The van der Waals surface area contributed by atoms with Crippen LogP contribution in [0.1, 0.15) is 25.7 Å². The number of piperidine rings is 1. The molecule has 0 saturated carbocycles. The van der Waals surface area contributed by atoms with Gasteiger partial charge in [0.25, 0.3) is 0 Å². The van der Waals surface area contributed by atoms with Crippen molar-refractivity contribution in [1.82, 2.24) is 10.2 Å². The van der Waals surface area contributed by atoms with Crippen LogP contribution < -0.4 is 10.6 Å². The maximum absolute atomic E-state index is 12.6. The third-order valence-corrected chi connectivity index (χ3v) is 5.45. The van der Waals surface area contributed by atoms with E-state index in [0.717, 1.165) is 54.6 Å². The highest BCUT2D eigenvalue weighted by molar-refractivity contribution is 14.1. The summed E-state index contributed by atoms with van der Waals surface area (Å²) in [6.07, 6.45) is 4.44. The minimum Gasteiger partial charge on any atom is -0.324 e. The van der Waals surface area contributed by atoms with E-state index in [1.54, 1.807) is 0 Å². The number of hydrogen-bond donors (Lipinski definition) is 2. The summed E-state index contributed by atoms with van der Waals surface area (Å²) in [6, 6.07) is 8.58. The summed E-state index contributed by atoms with van der Waals surface area (Å²) in [5.74, 6) is 0.162. The lowest BCUT2D eigenvalue weighted by Crippen LogP contribution is -2.49. The summed E-state index contributed by atoms with van der Waals surface area (Å²) in [6.45, 7) is 3.22. The van der Waals surface area contributed by atoms with Gasteiger partial charge in [0.2, 0.25) is 5.91 Å². The molecule has 2 aliphatic rings. The van der Waals surface area contributed by atoms with Gasteiger partial charge in [-0.2, -0.15) is 0 Å². The molecule has 0 radical (unpaired) electrons. The molecule has 21 heavy (non-hydrogen) atoms. The van der Waals surface area contributed by atoms with E-state index >= 15 is 0 Å². The van der Waals surface area contributed by atoms with Crippen LogP contribution in [0.15, 0.2) is 24.3 Å².